The van der Waals surface area contributed by atoms with Gasteiger partial charge in [0, 0.05) is 13.1 Å². The zero-order valence-electron chi connectivity index (χ0n) is 14.6. The van der Waals surface area contributed by atoms with Crippen molar-refractivity contribution in [3.8, 4) is 5.75 Å². The Morgan fingerprint density at radius 1 is 1.19 bits per heavy atom. The van der Waals surface area contributed by atoms with Crippen LogP contribution in [-0.4, -0.2) is 56.5 Å². The lowest BCUT2D eigenvalue weighted by Crippen LogP contribution is -2.36. The first-order chi connectivity index (χ1) is 12.7. The van der Waals surface area contributed by atoms with E-state index in [0.29, 0.717) is 31.3 Å². The summed E-state index contributed by atoms with van der Waals surface area (Å²) in [6, 6.07) is 9.50. The summed E-state index contributed by atoms with van der Waals surface area (Å²) in [5, 5.41) is 14.6. The molecule has 1 aromatic heterocycles. The molecular weight excluding hydrogens is 332 g/mol. The first-order valence-corrected chi connectivity index (χ1v) is 9.18. The molecular formula is C19H24N4O3. The van der Waals surface area contributed by atoms with Gasteiger partial charge in [0.1, 0.15) is 18.4 Å². The van der Waals surface area contributed by atoms with E-state index in [1.54, 1.807) is 11.0 Å². The van der Waals surface area contributed by atoms with Gasteiger partial charge in [-0.3, -0.25) is 4.79 Å². The summed E-state index contributed by atoms with van der Waals surface area (Å²) >= 11 is 0. The van der Waals surface area contributed by atoms with E-state index in [2.05, 4.69) is 10.1 Å². The molecule has 1 amide bonds. The minimum Gasteiger partial charge on any atom is -0.493 e. The van der Waals surface area contributed by atoms with Crippen LogP contribution >= 0.6 is 0 Å². The van der Waals surface area contributed by atoms with E-state index in [9.17, 15) is 9.90 Å². The Morgan fingerprint density at radius 3 is 2.69 bits per heavy atom. The molecule has 4 rings (SSSR count). The van der Waals surface area contributed by atoms with Crippen LogP contribution in [0.25, 0.3) is 0 Å². The second kappa shape index (κ2) is 7.45. The van der Waals surface area contributed by atoms with Crippen molar-refractivity contribution in [3.05, 3.63) is 43.0 Å². The highest BCUT2D eigenvalue weighted by Gasteiger charge is 2.43. The summed E-state index contributed by atoms with van der Waals surface area (Å²) < 4.78 is 7.38. The van der Waals surface area contributed by atoms with Gasteiger partial charge in [0.15, 0.2) is 0 Å². The number of hydrogen-bond acceptors (Lipinski definition) is 5. The number of fused-ring (bicyclic) bond motifs is 1. The van der Waals surface area contributed by atoms with Crippen molar-refractivity contribution in [2.24, 2.45) is 11.8 Å². The first-order valence-electron chi connectivity index (χ1n) is 9.18. The van der Waals surface area contributed by atoms with Gasteiger partial charge in [-0.15, -0.1) is 0 Å². The third-order valence-corrected chi connectivity index (χ3v) is 5.57. The summed E-state index contributed by atoms with van der Waals surface area (Å²) in [6.45, 7) is 1.88. The number of hydrogen-bond donors (Lipinski definition) is 1. The Kier molecular flexibility index (Phi) is 4.88. The Morgan fingerprint density at radius 2 is 1.96 bits per heavy atom. The maximum atomic E-state index is 12.5. The number of benzene rings is 1. The Balaban J connectivity index is 1.29. The minimum atomic E-state index is -0.436. The van der Waals surface area contributed by atoms with E-state index in [0.717, 1.165) is 25.3 Å². The molecule has 1 aliphatic heterocycles. The van der Waals surface area contributed by atoms with Crippen LogP contribution in [-0.2, 0) is 4.79 Å². The largest absolute Gasteiger partial charge is 0.493 e. The van der Waals surface area contributed by atoms with Gasteiger partial charge >= 0.3 is 0 Å². The number of aliphatic hydroxyl groups excluding tert-OH is 1. The molecule has 2 aromatic rings. The minimum absolute atomic E-state index is 0.0461. The molecule has 1 saturated carbocycles. The molecule has 26 heavy (non-hydrogen) atoms. The monoisotopic (exact) mass is 356 g/mol. The SMILES string of the molecule is O=C(CCOc1ccccc1)N1C[C@H]2C[C@@H](n3cncn3)[C@H](O)C[C@H]2C1. The summed E-state index contributed by atoms with van der Waals surface area (Å²) in [4.78, 5) is 18.4. The highest BCUT2D eigenvalue weighted by molar-refractivity contribution is 5.76. The second-order valence-electron chi connectivity index (χ2n) is 7.21. The van der Waals surface area contributed by atoms with Crippen molar-refractivity contribution in [3.63, 3.8) is 0 Å². The maximum absolute atomic E-state index is 12.5. The van der Waals surface area contributed by atoms with E-state index < -0.39 is 6.10 Å². The summed E-state index contributed by atoms with van der Waals surface area (Å²) in [5.41, 5.74) is 0. The average molecular weight is 356 g/mol. The molecule has 2 aliphatic rings. The van der Waals surface area contributed by atoms with Crippen LogP contribution in [0, 0.1) is 11.8 Å². The Bertz CT molecular complexity index is 722. The van der Waals surface area contributed by atoms with E-state index >= 15 is 0 Å². The highest BCUT2D eigenvalue weighted by atomic mass is 16.5. The number of likely N-dealkylation sites (tertiary alicyclic amines) is 1. The molecule has 7 nitrogen and oxygen atoms in total. The Hall–Kier alpha value is -2.41. The molecule has 1 saturated heterocycles. The van der Waals surface area contributed by atoms with Crippen LogP contribution in [0.15, 0.2) is 43.0 Å². The third-order valence-electron chi connectivity index (χ3n) is 5.57. The van der Waals surface area contributed by atoms with Crippen molar-refractivity contribution in [1.82, 2.24) is 19.7 Å². The average Bonchev–Trinajstić information content (AvgIpc) is 3.31. The molecule has 138 valence electrons. The number of rotatable bonds is 5. The number of ether oxygens (including phenoxy) is 1. The standard InChI is InChI=1S/C19H24N4O3/c24-18-9-15-11-22(10-14(15)8-17(18)23-13-20-12-21-23)19(25)6-7-26-16-4-2-1-3-5-16/h1-5,12-15,17-18,24H,6-11H2/t14-,15+,17-,18-/m1/s1. The van der Waals surface area contributed by atoms with Gasteiger partial charge in [-0.05, 0) is 36.8 Å². The predicted molar refractivity (Wildman–Crippen MR) is 94.4 cm³/mol. The van der Waals surface area contributed by atoms with Gasteiger partial charge in [0.25, 0.3) is 0 Å². The number of aliphatic hydroxyl groups is 1. The number of carbonyl (C=O) groups excluding carboxylic acids is 1. The van der Waals surface area contributed by atoms with E-state index in [-0.39, 0.29) is 11.9 Å². The summed E-state index contributed by atoms with van der Waals surface area (Å²) in [6.07, 6.45) is 4.64. The molecule has 1 aromatic carbocycles. The number of amides is 1. The smallest absolute Gasteiger partial charge is 0.226 e. The summed E-state index contributed by atoms with van der Waals surface area (Å²) in [7, 11) is 0. The fraction of sp³-hybridized carbons (Fsp3) is 0.526. The lowest BCUT2D eigenvalue weighted by atomic mass is 9.77. The van der Waals surface area contributed by atoms with Crippen LogP contribution in [0.2, 0.25) is 0 Å². The fourth-order valence-electron chi connectivity index (χ4n) is 4.21. The highest BCUT2D eigenvalue weighted by Crippen LogP contribution is 2.41. The van der Waals surface area contributed by atoms with Gasteiger partial charge in [0.05, 0.1) is 25.2 Å². The van der Waals surface area contributed by atoms with Crippen molar-refractivity contribution in [1.29, 1.82) is 0 Å². The van der Waals surface area contributed by atoms with Gasteiger partial charge < -0.3 is 14.7 Å². The van der Waals surface area contributed by atoms with Gasteiger partial charge in [0.2, 0.25) is 5.91 Å². The van der Waals surface area contributed by atoms with Gasteiger partial charge in [-0.2, -0.15) is 5.10 Å². The van der Waals surface area contributed by atoms with E-state index in [1.807, 2.05) is 35.2 Å². The molecule has 0 spiro atoms. The molecule has 7 heteroatoms. The number of nitrogens with zero attached hydrogens (tertiary/aromatic N) is 4. The number of carbonyl (C=O) groups is 1. The zero-order chi connectivity index (χ0) is 17.9. The molecule has 4 atom stereocenters. The third kappa shape index (κ3) is 3.58. The molecule has 1 N–H and O–H groups in total. The second-order valence-corrected chi connectivity index (χ2v) is 7.21. The van der Waals surface area contributed by atoms with Gasteiger partial charge in [-0.25, -0.2) is 9.67 Å². The molecule has 2 fully saturated rings. The first kappa shape index (κ1) is 17.0. The Labute approximate surface area is 152 Å². The van der Waals surface area contributed by atoms with Crippen LogP contribution in [0.5, 0.6) is 5.75 Å². The molecule has 0 bridgehead atoms. The maximum Gasteiger partial charge on any atom is 0.226 e. The lowest BCUT2D eigenvalue weighted by molar-refractivity contribution is -0.130. The van der Waals surface area contributed by atoms with Crippen LogP contribution in [0.4, 0.5) is 0 Å². The normalized spacial score (nSPS) is 28.0. The van der Waals surface area contributed by atoms with Crippen molar-refractivity contribution >= 4 is 5.91 Å². The number of aromatic nitrogens is 3. The molecule has 0 unspecified atom stereocenters. The van der Waals surface area contributed by atoms with Crippen LogP contribution in [0.3, 0.4) is 0 Å². The fourth-order valence-corrected chi connectivity index (χ4v) is 4.21. The molecule has 1 aliphatic carbocycles. The summed E-state index contributed by atoms with van der Waals surface area (Å²) in [5.74, 6) is 1.69. The topological polar surface area (TPSA) is 80.5 Å². The van der Waals surface area contributed by atoms with E-state index in [4.69, 9.17) is 4.74 Å². The van der Waals surface area contributed by atoms with Gasteiger partial charge in [-0.1, -0.05) is 18.2 Å². The van der Waals surface area contributed by atoms with Crippen molar-refractivity contribution < 1.29 is 14.6 Å². The van der Waals surface area contributed by atoms with E-state index in [1.165, 1.54) is 6.33 Å². The van der Waals surface area contributed by atoms with Crippen molar-refractivity contribution in [2.75, 3.05) is 19.7 Å². The van der Waals surface area contributed by atoms with Crippen molar-refractivity contribution in [2.45, 2.75) is 31.4 Å². The lowest BCUT2D eigenvalue weighted by Gasteiger charge is -2.34. The van der Waals surface area contributed by atoms with Crippen LogP contribution in [0.1, 0.15) is 25.3 Å². The molecule has 2 heterocycles. The predicted octanol–water partition coefficient (Wildman–Crippen LogP) is 1.52. The van der Waals surface area contributed by atoms with Crippen LogP contribution < -0.4 is 4.74 Å². The quantitative estimate of drug-likeness (QED) is 0.878. The number of para-hydroxylation sites is 1. The molecule has 0 radical (unpaired) electrons. The zero-order valence-corrected chi connectivity index (χ0v) is 14.6.